The lowest BCUT2D eigenvalue weighted by Gasteiger charge is -2.13. The monoisotopic (exact) mass is 264 g/mol. The second-order valence-electron chi connectivity index (χ2n) is 4.88. The van der Waals surface area contributed by atoms with Crippen molar-refractivity contribution in [2.24, 2.45) is 5.92 Å². The Bertz CT molecular complexity index is 469. The first-order valence-corrected chi connectivity index (χ1v) is 6.39. The molecule has 1 aromatic carbocycles. The van der Waals surface area contributed by atoms with Crippen LogP contribution in [0.4, 0.5) is 4.39 Å². The summed E-state index contributed by atoms with van der Waals surface area (Å²) in [6.45, 7) is 1.91. The van der Waals surface area contributed by atoms with Crippen LogP contribution in [0.25, 0.3) is 0 Å². The van der Waals surface area contributed by atoms with Crippen LogP contribution in [0.15, 0.2) is 24.3 Å². The van der Waals surface area contributed by atoms with Gasteiger partial charge in [-0.2, -0.15) is 0 Å². The summed E-state index contributed by atoms with van der Waals surface area (Å²) >= 11 is 0. The number of halogens is 1. The van der Waals surface area contributed by atoms with Crippen LogP contribution in [0.1, 0.15) is 30.1 Å². The number of benzene rings is 1. The normalized spacial score (nSPS) is 15.7. The van der Waals surface area contributed by atoms with Gasteiger partial charge in [-0.05, 0) is 49.9 Å². The SMILES string of the molecule is CC(NC(=O)CNC(=O)c1ccc(F)cc1)C1CC1. The Morgan fingerprint density at radius 1 is 1.32 bits per heavy atom. The van der Waals surface area contributed by atoms with E-state index in [0.717, 1.165) is 12.8 Å². The van der Waals surface area contributed by atoms with Crippen LogP contribution >= 0.6 is 0 Å². The van der Waals surface area contributed by atoms with Crippen molar-refractivity contribution in [1.29, 1.82) is 0 Å². The lowest BCUT2D eigenvalue weighted by molar-refractivity contribution is -0.120. The summed E-state index contributed by atoms with van der Waals surface area (Å²) in [5, 5.41) is 5.35. The van der Waals surface area contributed by atoms with Crippen LogP contribution in [-0.2, 0) is 4.79 Å². The Labute approximate surface area is 111 Å². The fourth-order valence-corrected chi connectivity index (χ4v) is 1.88. The highest BCUT2D eigenvalue weighted by molar-refractivity contribution is 5.96. The highest BCUT2D eigenvalue weighted by Gasteiger charge is 2.28. The number of carbonyl (C=O) groups excluding carboxylic acids is 2. The van der Waals surface area contributed by atoms with Crippen molar-refractivity contribution in [3.05, 3.63) is 35.6 Å². The molecular formula is C14H17FN2O2. The van der Waals surface area contributed by atoms with Gasteiger partial charge in [0.25, 0.3) is 5.91 Å². The zero-order valence-corrected chi connectivity index (χ0v) is 10.8. The number of rotatable bonds is 5. The first-order valence-electron chi connectivity index (χ1n) is 6.39. The zero-order chi connectivity index (χ0) is 13.8. The molecule has 0 spiro atoms. The molecule has 0 aromatic heterocycles. The zero-order valence-electron chi connectivity index (χ0n) is 10.8. The van der Waals surface area contributed by atoms with Gasteiger partial charge >= 0.3 is 0 Å². The van der Waals surface area contributed by atoms with Crippen LogP contribution in [0, 0.1) is 11.7 Å². The molecule has 1 aliphatic carbocycles. The minimum absolute atomic E-state index is 0.0622. The summed E-state index contributed by atoms with van der Waals surface area (Å²) in [7, 11) is 0. The van der Waals surface area contributed by atoms with Gasteiger partial charge in [0.15, 0.2) is 0 Å². The maximum absolute atomic E-state index is 12.7. The molecule has 0 aliphatic heterocycles. The molecule has 0 saturated heterocycles. The Hall–Kier alpha value is -1.91. The van der Waals surface area contributed by atoms with Gasteiger partial charge in [0.2, 0.25) is 5.91 Å². The lowest BCUT2D eigenvalue weighted by Crippen LogP contribution is -2.41. The molecule has 2 N–H and O–H groups in total. The molecule has 1 saturated carbocycles. The van der Waals surface area contributed by atoms with Gasteiger partial charge in [-0.3, -0.25) is 9.59 Å². The molecule has 1 atom stereocenters. The van der Waals surface area contributed by atoms with Crippen LogP contribution in [0.2, 0.25) is 0 Å². The summed E-state index contributed by atoms with van der Waals surface area (Å²) in [5.74, 6) is -0.395. The number of hydrogen-bond acceptors (Lipinski definition) is 2. The third kappa shape index (κ3) is 4.05. The van der Waals surface area contributed by atoms with Crippen LogP contribution in [0.3, 0.4) is 0 Å². The smallest absolute Gasteiger partial charge is 0.251 e. The minimum atomic E-state index is -0.396. The summed E-state index contributed by atoms with van der Waals surface area (Å²) < 4.78 is 12.7. The fraction of sp³-hybridized carbons (Fsp3) is 0.429. The van der Waals surface area contributed by atoms with E-state index in [9.17, 15) is 14.0 Å². The number of hydrogen-bond donors (Lipinski definition) is 2. The van der Waals surface area contributed by atoms with Crippen LogP contribution in [0.5, 0.6) is 0 Å². The molecule has 1 fully saturated rings. The molecule has 0 radical (unpaired) electrons. The van der Waals surface area contributed by atoms with E-state index < -0.39 is 5.82 Å². The van der Waals surface area contributed by atoms with Gasteiger partial charge < -0.3 is 10.6 Å². The van der Waals surface area contributed by atoms with Gasteiger partial charge in [-0.1, -0.05) is 0 Å². The van der Waals surface area contributed by atoms with Gasteiger partial charge in [-0.25, -0.2) is 4.39 Å². The fourth-order valence-electron chi connectivity index (χ4n) is 1.88. The van der Waals surface area contributed by atoms with Crippen LogP contribution in [-0.4, -0.2) is 24.4 Å². The number of carbonyl (C=O) groups is 2. The van der Waals surface area contributed by atoms with Crippen molar-refractivity contribution in [2.75, 3.05) is 6.54 Å². The van der Waals surface area contributed by atoms with Crippen molar-refractivity contribution in [3.8, 4) is 0 Å². The highest BCUT2D eigenvalue weighted by Crippen LogP contribution is 2.32. The summed E-state index contributed by atoms with van der Waals surface area (Å²) in [6, 6.07) is 5.36. The largest absolute Gasteiger partial charge is 0.352 e. The molecule has 5 heteroatoms. The predicted octanol–water partition coefficient (Wildman–Crippen LogP) is 1.47. The van der Waals surface area contributed by atoms with E-state index in [-0.39, 0.29) is 24.4 Å². The second kappa shape index (κ2) is 5.82. The van der Waals surface area contributed by atoms with E-state index >= 15 is 0 Å². The average molecular weight is 264 g/mol. The molecule has 19 heavy (non-hydrogen) atoms. The Morgan fingerprint density at radius 2 is 1.95 bits per heavy atom. The highest BCUT2D eigenvalue weighted by atomic mass is 19.1. The van der Waals surface area contributed by atoms with Crippen molar-refractivity contribution >= 4 is 11.8 Å². The molecule has 1 unspecified atom stereocenters. The van der Waals surface area contributed by atoms with Crippen LogP contribution < -0.4 is 10.6 Å². The number of nitrogens with one attached hydrogen (secondary N) is 2. The molecule has 4 nitrogen and oxygen atoms in total. The molecule has 102 valence electrons. The van der Waals surface area contributed by atoms with Crippen molar-refractivity contribution in [1.82, 2.24) is 10.6 Å². The van der Waals surface area contributed by atoms with Crippen molar-refractivity contribution < 1.29 is 14.0 Å². The van der Waals surface area contributed by atoms with Crippen molar-refractivity contribution in [3.63, 3.8) is 0 Å². The molecule has 0 heterocycles. The third-order valence-corrected chi connectivity index (χ3v) is 3.23. The van der Waals surface area contributed by atoms with E-state index in [1.165, 1.54) is 24.3 Å². The summed E-state index contributed by atoms with van der Waals surface area (Å²) in [5.41, 5.74) is 0.337. The standard InChI is InChI=1S/C14H17FN2O2/c1-9(10-2-3-10)17-13(18)8-16-14(19)11-4-6-12(15)7-5-11/h4-7,9-10H,2-3,8H2,1H3,(H,16,19)(H,17,18). The van der Waals surface area contributed by atoms with Gasteiger partial charge in [-0.15, -0.1) is 0 Å². The quantitative estimate of drug-likeness (QED) is 0.846. The van der Waals surface area contributed by atoms with Gasteiger partial charge in [0.05, 0.1) is 6.54 Å². The molecule has 0 bridgehead atoms. The first kappa shape index (κ1) is 13.5. The van der Waals surface area contributed by atoms with E-state index in [4.69, 9.17) is 0 Å². The van der Waals surface area contributed by atoms with Gasteiger partial charge in [0, 0.05) is 11.6 Å². The molecule has 1 aromatic rings. The minimum Gasteiger partial charge on any atom is -0.352 e. The topological polar surface area (TPSA) is 58.2 Å². The third-order valence-electron chi connectivity index (χ3n) is 3.23. The predicted molar refractivity (Wildman–Crippen MR) is 69.1 cm³/mol. The number of amides is 2. The molecule has 2 rings (SSSR count). The lowest BCUT2D eigenvalue weighted by atomic mass is 10.2. The molecule has 1 aliphatic rings. The maximum atomic E-state index is 12.7. The summed E-state index contributed by atoms with van der Waals surface area (Å²) in [4.78, 5) is 23.3. The molecule has 2 amide bonds. The van der Waals surface area contributed by atoms with Gasteiger partial charge in [0.1, 0.15) is 5.82 Å². The average Bonchev–Trinajstić information content (AvgIpc) is 3.21. The van der Waals surface area contributed by atoms with Crippen molar-refractivity contribution in [2.45, 2.75) is 25.8 Å². The summed E-state index contributed by atoms with van der Waals surface area (Å²) in [6.07, 6.45) is 2.31. The Balaban J connectivity index is 1.76. The van der Waals surface area contributed by atoms with E-state index in [1.807, 2.05) is 6.92 Å². The Kier molecular flexibility index (Phi) is 4.14. The second-order valence-corrected chi connectivity index (χ2v) is 4.88. The molecular weight excluding hydrogens is 247 g/mol. The van der Waals surface area contributed by atoms with E-state index in [2.05, 4.69) is 10.6 Å². The van der Waals surface area contributed by atoms with E-state index in [1.54, 1.807) is 0 Å². The maximum Gasteiger partial charge on any atom is 0.251 e. The first-order chi connectivity index (χ1) is 9.06. The Morgan fingerprint density at radius 3 is 2.53 bits per heavy atom. The van der Waals surface area contributed by atoms with E-state index in [0.29, 0.717) is 11.5 Å².